The van der Waals surface area contributed by atoms with E-state index in [1.165, 1.54) is 4.57 Å². The molecule has 0 aliphatic rings. The third-order valence-corrected chi connectivity index (χ3v) is 6.82. The predicted octanol–water partition coefficient (Wildman–Crippen LogP) is 3.67. The Morgan fingerprint density at radius 3 is 2.49 bits per heavy atom. The van der Waals surface area contributed by atoms with Gasteiger partial charge in [-0.3, -0.25) is 14.2 Å². The lowest BCUT2D eigenvalue weighted by Gasteiger charge is -2.08. The molecule has 1 amide bonds. The molecule has 0 aliphatic carbocycles. The van der Waals surface area contributed by atoms with Crippen LogP contribution in [0.2, 0.25) is 0 Å². The molecule has 0 saturated heterocycles. The molecule has 186 valence electrons. The van der Waals surface area contributed by atoms with Crippen molar-refractivity contribution in [1.82, 2.24) is 4.57 Å². The average Bonchev–Trinajstić information content (AvgIpc) is 3.19. The van der Waals surface area contributed by atoms with Gasteiger partial charge in [0.2, 0.25) is 0 Å². The molecule has 1 aromatic heterocycles. The zero-order valence-electron chi connectivity index (χ0n) is 20.9. The Labute approximate surface area is 218 Å². The Morgan fingerprint density at radius 1 is 1.03 bits per heavy atom. The summed E-state index contributed by atoms with van der Waals surface area (Å²) in [4.78, 5) is 27.0. The maximum Gasteiger partial charge on any atom is 0.273 e. The van der Waals surface area contributed by atoms with Crippen LogP contribution < -0.4 is 29.5 Å². The molecule has 0 saturated carbocycles. The second-order valence-corrected chi connectivity index (χ2v) is 9.29. The van der Waals surface area contributed by atoms with Crippen LogP contribution in [0.25, 0.3) is 17.3 Å². The summed E-state index contributed by atoms with van der Waals surface area (Å²) in [5, 5.41) is 12.8. The minimum absolute atomic E-state index is 0.163. The van der Waals surface area contributed by atoms with Crippen LogP contribution in [-0.4, -0.2) is 24.7 Å². The van der Waals surface area contributed by atoms with Gasteiger partial charge in [-0.05, 0) is 67.4 Å². The summed E-state index contributed by atoms with van der Waals surface area (Å²) in [6, 6.07) is 21.9. The third kappa shape index (κ3) is 5.32. The van der Waals surface area contributed by atoms with Crippen LogP contribution in [0, 0.1) is 25.2 Å². The molecule has 3 aromatic carbocycles. The Bertz CT molecular complexity index is 1710. The van der Waals surface area contributed by atoms with Crippen molar-refractivity contribution in [2.24, 2.45) is 0 Å². The monoisotopic (exact) mass is 511 g/mol. The van der Waals surface area contributed by atoms with Gasteiger partial charge in [-0.1, -0.05) is 30.3 Å². The maximum absolute atomic E-state index is 13.8. The molecule has 4 rings (SSSR count). The summed E-state index contributed by atoms with van der Waals surface area (Å²) in [5.41, 5.74) is 3.06. The lowest BCUT2D eigenvalue weighted by molar-refractivity contribution is -0.111. The quantitative estimate of drug-likeness (QED) is 0.426. The summed E-state index contributed by atoms with van der Waals surface area (Å²) < 4.78 is 12.8. The van der Waals surface area contributed by atoms with Crippen LogP contribution >= 0.6 is 11.3 Å². The van der Waals surface area contributed by atoms with E-state index in [1.54, 1.807) is 50.6 Å². The molecule has 7 nitrogen and oxygen atoms in total. The van der Waals surface area contributed by atoms with Crippen molar-refractivity contribution in [2.45, 2.75) is 13.8 Å². The van der Waals surface area contributed by atoms with E-state index in [1.807, 2.05) is 56.3 Å². The van der Waals surface area contributed by atoms with Gasteiger partial charge in [0.25, 0.3) is 11.5 Å². The van der Waals surface area contributed by atoms with Gasteiger partial charge in [-0.15, -0.1) is 11.3 Å². The number of methoxy groups -OCH3 is 2. The van der Waals surface area contributed by atoms with E-state index in [4.69, 9.17) is 9.47 Å². The number of carbonyl (C=O) groups excluding carboxylic acids is 1. The molecular weight excluding hydrogens is 486 g/mol. The first-order valence-electron chi connectivity index (χ1n) is 11.4. The fourth-order valence-corrected chi connectivity index (χ4v) is 4.97. The van der Waals surface area contributed by atoms with Crippen molar-refractivity contribution in [1.29, 1.82) is 5.26 Å². The van der Waals surface area contributed by atoms with Crippen molar-refractivity contribution in [3.8, 4) is 23.3 Å². The lowest BCUT2D eigenvalue weighted by atomic mass is 10.1. The fraction of sp³-hybridized carbons (Fsp3) is 0.138. The van der Waals surface area contributed by atoms with Gasteiger partial charge in [0.05, 0.1) is 24.4 Å². The number of amides is 1. The number of nitrogens with zero attached hydrogens (tertiary/aromatic N) is 2. The number of aryl methyl sites for hydroxylation is 2. The second kappa shape index (κ2) is 11.0. The third-order valence-electron chi connectivity index (χ3n) is 5.73. The highest BCUT2D eigenvalue weighted by molar-refractivity contribution is 7.07. The van der Waals surface area contributed by atoms with Gasteiger partial charge < -0.3 is 14.8 Å². The van der Waals surface area contributed by atoms with Crippen LogP contribution in [0.4, 0.5) is 5.69 Å². The first kappa shape index (κ1) is 25.5. The smallest absolute Gasteiger partial charge is 0.273 e. The summed E-state index contributed by atoms with van der Waals surface area (Å²) in [5.74, 6) is 0.561. The highest BCUT2D eigenvalue weighted by Gasteiger charge is 2.18. The van der Waals surface area contributed by atoms with Crippen LogP contribution in [0.1, 0.15) is 16.7 Å². The number of anilines is 1. The number of benzene rings is 3. The number of ether oxygens (including phenoxy) is 2. The van der Waals surface area contributed by atoms with Gasteiger partial charge in [0.1, 0.15) is 22.2 Å². The number of hydrogen-bond donors (Lipinski definition) is 1. The summed E-state index contributed by atoms with van der Waals surface area (Å²) in [7, 11) is 3.10. The molecule has 0 radical (unpaired) electrons. The number of para-hydroxylation sites is 1. The number of nitriles is 1. The van der Waals surface area contributed by atoms with E-state index < -0.39 is 5.91 Å². The van der Waals surface area contributed by atoms with E-state index in [9.17, 15) is 14.9 Å². The summed E-state index contributed by atoms with van der Waals surface area (Å²) in [6.07, 6.45) is 1.68. The minimum atomic E-state index is -0.595. The standard InChI is InChI=1S/C29H25N3O4S/c1-18-8-7-10-21(14-18)31-27(33)23(17-30)29-32(24-11-6-5-9-19(24)2)28(34)26(37-29)16-20-15-22(35-3)12-13-25(20)36-4/h5-16H,1-4H3,(H,31,33)/b26-16-,29-23+. The fourth-order valence-electron chi connectivity index (χ4n) is 3.89. The topological polar surface area (TPSA) is 93.3 Å². The number of hydrogen-bond acceptors (Lipinski definition) is 6. The molecule has 4 aromatic rings. The van der Waals surface area contributed by atoms with Crippen molar-refractivity contribution in [2.75, 3.05) is 19.5 Å². The molecule has 0 spiro atoms. The molecule has 0 bridgehead atoms. The van der Waals surface area contributed by atoms with E-state index in [-0.39, 0.29) is 15.8 Å². The SMILES string of the molecule is COc1ccc(OC)c(/C=c2\s/c(=C(\C#N)C(=O)Nc3cccc(C)c3)n(-c3ccccc3C)c2=O)c1. The van der Waals surface area contributed by atoms with Crippen LogP contribution in [0.15, 0.2) is 71.5 Å². The van der Waals surface area contributed by atoms with E-state index >= 15 is 0 Å². The molecular formula is C29H25N3O4S. The average molecular weight is 512 g/mol. The molecule has 1 heterocycles. The van der Waals surface area contributed by atoms with Crippen molar-refractivity contribution < 1.29 is 14.3 Å². The predicted molar refractivity (Wildman–Crippen MR) is 146 cm³/mol. The van der Waals surface area contributed by atoms with Crippen LogP contribution in [0.5, 0.6) is 11.5 Å². The molecule has 0 atom stereocenters. The Balaban J connectivity index is 2.01. The molecule has 0 fully saturated rings. The summed E-state index contributed by atoms with van der Waals surface area (Å²) >= 11 is 1.07. The van der Waals surface area contributed by atoms with Gasteiger partial charge in [0.15, 0.2) is 5.57 Å². The zero-order chi connectivity index (χ0) is 26.5. The van der Waals surface area contributed by atoms with Gasteiger partial charge in [-0.25, -0.2) is 0 Å². The number of rotatable bonds is 6. The lowest BCUT2D eigenvalue weighted by Crippen LogP contribution is -2.32. The maximum atomic E-state index is 13.8. The number of nitrogens with one attached hydrogen (secondary N) is 1. The van der Waals surface area contributed by atoms with Gasteiger partial charge >= 0.3 is 0 Å². The number of aromatic nitrogens is 1. The van der Waals surface area contributed by atoms with Crippen molar-refractivity contribution >= 4 is 34.6 Å². The normalized spacial score (nSPS) is 12.0. The Hall–Kier alpha value is -4.61. The first-order valence-corrected chi connectivity index (χ1v) is 12.2. The highest BCUT2D eigenvalue weighted by atomic mass is 32.1. The van der Waals surface area contributed by atoms with Crippen LogP contribution in [-0.2, 0) is 4.79 Å². The van der Waals surface area contributed by atoms with E-state index in [2.05, 4.69) is 5.32 Å². The zero-order valence-corrected chi connectivity index (χ0v) is 21.7. The van der Waals surface area contributed by atoms with Crippen molar-refractivity contribution in [3.63, 3.8) is 0 Å². The van der Waals surface area contributed by atoms with E-state index in [0.29, 0.717) is 33.0 Å². The Morgan fingerprint density at radius 2 is 1.81 bits per heavy atom. The number of thiazole rings is 1. The van der Waals surface area contributed by atoms with Gasteiger partial charge in [-0.2, -0.15) is 5.26 Å². The molecule has 8 heteroatoms. The van der Waals surface area contributed by atoms with Gasteiger partial charge in [0, 0.05) is 11.3 Å². The highest BCUT2D eigenvalue weighted by Crippen LogP contribution is 2.24. The molecule has 1 N–H and O–H groups in total. The number of carbonyl (C=O) groups is 1. The molecule has 0 aliphatic heterocycles. The largest absolute Gasteiger partial charge is 0.497 e. The summed E-state index contributed by atoms with van der Waals surface area (Å²) in [6.45, 7) is 3.78. The van der Waals surface area contributed by atoms with E-state index in [0.717, 1.165) is 22.5 Å². The first-order chi connectivity index (χ1) is 17.9. The van der Waals surface area contributed by atoms with Crippen LogP contribution in [0.3, 0.4) is 0 Å². The molecule has 37 heavy (non-hydrogen) atoms. The Kier molecular flexibility index (Phi) is 7.56. The van der Waals surface area contributed by atoms with Crippen molar-refractivity contribution in [3.05, 3.63) is 103 Å². The molecule has 0 unspecified atom stereocenters. The minimum Gasteiger partial charge on any atom is -0.497 e. The second-order valence-electron chi connectivity index (χ2n) is 8.26.